The van der Waals surface area contributed by atoms with E-state index in [9.17, 15) is 8.42 Å². The molecule has 1 aliphatic rings. The minimum absolute atomic E-state index is 0.0232. The highest BCUT2D eigenvalue weighted by atomic mass is 35.7. The van der Waals surface area contributed by atoms with Crippen molar-refractivity contribution in [2.45, 2.75) is 11.9 Å². The first-order valence-corrected chi connectivity index (χ1v) is 7.75. The zero-order valence-corrected chi connectivity index (χ0v) is 11.1. The fourth-order valence-electron chi connectivity index (χ4n) is 1.39. The Hall–Kier alpha value is -0.490. The zero-order chi connectivity index (χ0) is 12.5. The van der Waals surface area contributed by atoms with Gasteiger partial charge in [-0.2, -0.15) is 0 Å². The van der Waals surface area contributed by atoms with Gasteiger partial charge in [0.2, 0.25) is 9.05 Å². The highest BCUT2D eigenvalue weighted by molar-refractivity contribution is 8.13. The first kappa shape index (κ1) is 13.0. The lowest BCUT2D eigenvalue weighted by Crippen LogP contribution is -2.38. The molecule has 7 heteroatoms. The molecule has 1 heterocycles. The minimum atomic E-state index is -3.57. The Morgan fingerprint density at radius 2 is 2.12 bits per heavy atom. The molecule has 0 atom stereocenters. The molecule has 0 bridgehead atoms. The van der Waals surface area contributed by atoms with Gasteiger partial charge in [-0.05, 0) is 17.7 Å². The molecule has 0 unspecified atom stereocenters. The molecule has 0 spiro atoms. The van der Waals surface area contributed by atoms with Crippen LogP contribution in [0.3, 0.4) is 0 Å². The molecule has 1 aromatic carbocycles. The summed E-state index contributed by atoms with van der Waals surface area (Å²) in [5.74, 6) is 0.275. The van der Waals surface area contributed by atoms with E-state index in [0.29, 0.717) is 29.5 Å². The van der Waals surface area contributed by atoms with Crippen LogP contribution in [0.5, 0.6) is 5.75 Å². The average molecular weight is 297 g/mol. The van der Waals surface area contributed by atoms with Gasteiger partial charge in [0.1, 0.15) is 11.9 Å². The van der Waals surface area contributed by atoms with E-state index in [4.69, 9.17) is 31.8 Å². The number of rotatable bonds is 4. The summed E-state index contributed by atoms with van der Waals surface area (Å²) in [5, 5.41) is 0.370. The van der Waals surface area contributed by atoms with Gasteiger partial charge >= 0.3 is 0 Å². The summed E-state index contributed by atoms with van der Waals surface area (Å²) in [4.78, 5) is 0. The van der Waals surface area contributed by atoms with Crippen LogP contribution in [0, 0.1) is 0 Å². The predicted octanol–water partition coefficient (Wildman–Crippen LogP) is 2.19. The molecule has 0 aliphatic carbocycles. The van der Waals surface area contributed by atoms with Crippen molar-refractivity contribution in [3.63, 3.8) is 0 Å². The van der Waals surface area contributed by atoms with Crippen LogP contribution in [0.2, 0.25) is 5.02 Å². The molecule has 1 fully saturated rings. The number of hydrogen-bond donors (Lipinski definition) is 0. The van der Waals surface area contributed by atoms with Crippen LogP contribution in [0.15, 0.2) is 18.2 Å². The Balaban J connectivity index is 2.10. The molecule has 0 N–H and O–H groups in total. The number of hydrogen-bond acceptors (Lipinski definition) is 4. The van der Waals surface area contributed by atoms with Crippen LogP contribution >= 0.6 is 22.3 Å². The molecule has 0 radical (unpaired) electrons. The lowest BCUT2D eigenvalue weighted by atomic mass is 10.2. The first-order chi connectivity index (χ1) is 7.94. The van der Waals surface area contributed by atoms with E-state index < -0.39 is 9.05 Å². The van der Waals surface area contributed by atoms with Gasteiger partial charge in [0, 0.05) is 10.7 Å². The van der Waals surface area contributed by atoms with E-state index in [1.54, 1.807) is 12.1 Å². The second-order valence-corrected chi connectivity index (χ2v) is 6.91. The fraction of sp³-hybridized carbons (Fsp3) is 0.400. The van der Waals surface area contributed by atoms with Crippen LogP contribution in [0.1, 0.15) is 5.56 Å². The Bertz CT molecular complexity index is 511. The standard InChI is InChI=1S/C10H10Cl2O4S/c11-9-3-7(6-17(12,13)14)1-2-10(9)16-8-4-15-5-8/h1-3,8H,4-6H2. The summed E-state index contributed by atoms with van der Waals surface area (Å²) in [5.41, 5.74) is 0.530. The van der Waals surface area contributed by atoms with Gasteiger partial charge in [0.05, 0.1) is 24.0 Å². The molecule has 0 amide bonds. The van der Waals surface area contributed by atoms with E-state index >= 15 is 0 Å². The van der Waals surface area contributed by atoms with Crippen molar-refractivity contribution in [1.29, 1.82) is 0 Å². The van der Waals surface area contributed by atoms with Crippen molar-refractivity contribution in [2.75, 3.05) is 13.2 Å². The van der Waals surface area contributed by atoms with Crippen molar-refractivity contribution >= 4 is 31.3 Å². The Labute approximate surface area is 109 Å². The van der Waals surface area contributed by atoms with Crippen molar-refractivity contribution in [1.82, 2.24) is 0 Å². The molecule has 4 nitrogen and oxygen atoms in total. The Morgan fingerprint density at radius 1 is 1.41 bits per heavy atom. The Kier molecular flexibility index (Phi) is 3.82. The van der Waals surface area contributed by atoms with Gasteiger partial charge in [-0.1, -0.05) is 17.7 Å². The second-order valence-electron chi connectivity index (χ2n) is 3.73. The lowest BCUT2D eigenvalue weighted by Gasteiger charge is -2.27. The van der Waals surface area contributed by atoms with E-state index in [1.807, 2.05) is 0 Å². The van der Waals surface area contributed by atoms with Crippen molar-refractivity contribution in [2.24, 2.45) is 0 Å². The second kappa shape index (κ2) is 5.02. The largest absolute Gasteiger partial charge is 0.484 e. The molecule has 1 aliphatic heterocycles. The van der Waals surface area contributed by atoms with Gasteiger partial charge in [-0.15, -0.1) is 0 Å². The molecule has 2 rings (SSSR count). The van der Waals surface area contributed by atoms with Gasteiger partial charge in [0.15, 0.2) is 0 Å². The van der Waals surface area contributed by atoms with E-state index in [2.05, 4.69) is 0 Å². The van der Waals surface area contributed by atoms with Crippen LogP contribution in [0.25, 0.3) is 0 Å². The normalized spacial score (nSPS) is 16.6. The number of benzene rings is 1. The third-order valence-corrected chi connectivity index (χ3v) is 3.54. The van der Waals surface area contributed by atoms with Crippen molar-refractivity contribution in [3.05, 3.63) is 28.8 Å². The summed E-state index contributed by atoms with van der Waals surface area (Å²) in [7, 11) is 1.59. The summed E-state index contributed by atoms with van der Waals surface area (Å²) < 4.78 is 32.3. The summed E-state index contributed by atoms with van der Waals surface area (Å²) in [6.07, 6.45) is 0.0232. The lowest BCUT2D eigenvalue weighted by molar-refractivity contribution is -0.0796. The smallest absolute Gasteiger partial charge is 0.236 e. The molecule has 17 heavy (non-hydrogen) atoms. The van der Waals surface area contributed by atoms with Gasteiger partial charge < -0.3 is 9.47 Å². The van der Waals surface area contributed by atoms with Crippen molar-refractivity contribution < 1.29 is 17.9 Å². The summed E-state index contributed by atoms with van der Waals surface area (Å²) >= 11 is 5.98. The molecular weight excluding hydrogens is 287 g/mol. The summed E-state index contributed by atoms with van der Waals surface area (Å²) in [6, 6.07) is 4.80. The molecule has 94 valence electrons. The minimum Gasteiger partial charge on any atom is -0.484 e. The quantitative estimate of drug-likeness (QED) is 0.799. The summed E-state index contributed by atoms with van der Waals surface area (Å²) in [6.45, 7) is 1.10. The van der Waals surface area contributed by atoms with Gasteiger partial charge in [0.25, 0.3) is 0 Å². The molecular formula is C10H10Cl2O4S. The molecule has 1 aromatic rings. The predicted molar refractivity (Wildman–Crippen MR) is 65.2 cm³/mol. The zero-order valence-electron chi connectivity index (χ0n) is 8.73. The third-order valence-electron chi connectivity index (χ3n) is 2.24. The average Bonchev–Trinajstić information content (AvgIpc) is 2.11. The van der Waals surface area contributed by atoms with E-state index in [1.165, 1.54) is 6.07 Å². The van der Waals surface area contributed by atoms with E-state index in [0.717, 1.165) is 0 Å². The van der Waals surface area contributed by atoms with Crippen LogP contribution < -0.4 is 4.74 Å². The monoisotopic (exact) mass is 296 g/mol. The van der Waals surface area contributed by atoms with Crippen LogP contribution in [-0.2, 0) is 19.5 Å². The third kappa shape index (κ3) is 3.74. The van der Waals surface area contributed by atoms with Gasteiger partial charge in [-0.25, -0.2) is 8.42 Å². The maximum Gasteiger partial charge on any atom is 0.236 e. The molecule has 0 aromatic heterocycles. The maximum atomic E-state index is 10.9. The SMILES string of the molecule is O=S(=O)(Cl)Cc1ccc(OC2COC2)c(Cl)c1. The first-order valence-electron chi connectivity index (χ1n) is 4.89. The number of halogens is 2. The van der Waals surface area contributed by atoms with Gasteiger partial charge in [-0.3, -0.25) is 0 Å². The highest BCUT2D eigenvalue weighted by Gasteiger charge is 2.21. The van der Waals surface area contributed by atoms with Crippen LogP contribution in [-0.4, -0.2) is 27.7 Å². The molecule has 1 saturated heterocycles. The van der Waals surface area contributed by atoms with Crippen molar-refractivity contribution in [3.8, 4) is 5.75 Å². The number of ether oxygens (including phenoxy) is 2. The fourth-order valence-corrected chi connectivity index (χ4v) is 2.59. The Morgan fingerprint density at radius 3 is 2.59 bits per heavy atom. The molecule has 0 saturated carbocycles. The maximum absolute atomic E-state index is 10.9. The van der Waals surface area contributed by atoms with E-state index in [-0.39, 0.29) is 11.9 Å². The topological polar surface area (TPSA) is 52.6 Å². The van der Waals surface area contributed by atoms with Crippen LogP contribution in [0.4, 0.5) is 0 Å². The highest BCUT2D eigenvalue weighted by Crippen LogP contribution is 2.28.